The smallest absolute Gasteiger partial charge is 0.343 e. The Bertz CT molecular complexity index is 517. The molecule has 88 valence electrons. The van der Waals surface area contributed by atoms with E-state index in [0.717, 1.165) is 10.4 Å². The first-order valence-electron chi connectivity index (χ1n) is 5.27. The van der Waals surface area contributed by atoms with Crippen molar-refractivity contribution in [2.75, 3.05) is 6.61 Å². The standard InChI is InChI=1S/C13H12O3S/c1-2-16-13(15)11-10(14)8-17-12(11)9-6-4-3-5-7-9/h3-8,14H,2H2,1H3. The maximum atomic E-state index is 11.7. The molecule has 0 unspecified atom stereocenters. The molecule has 4 heteroatoms. The van der Waals surface area contributed by atoms with E-state index in [4.69, 9.17) is 4.74 Å². The maximum Gasteiger partial charge on any atom is 0.343 e. The lowest BCUT2D eigenvalue weighted by Crippen LogP contribution is -2.04. The lowest BCUT2D eigenvalue weighted by molar-refractivity contribution is 0.0525. The van der Waals surface area contributed by atoms with Gasteiger partial charge in [-0.2, -0.15) is 0 Å². The molecule has 0 aliphatic heterocycles. The molecule has 0 atom stereocenters. The minimum absolute atomic E-state index is 0.0210. The molecule has 0 aliphatic rings. The molecule has 0 bridgehead atoms. The number of aromatic hydroxyl groups is 1. The second-order valence-electron chi connectivity index (χ2n) is 3.41. The molecule has 1 N–H and O–H groups in total. The van der Waals surface area contributed by atoms with E-state index in [1.54, 1.807) is 12.3 Å². The number of hydrogen-bond acceptors (Lipinski definition) is 4. The van der Waals surface area contributed by atoms with E-state index in [0.29, 0.717) is 6.61 Å². The number of benzene rings is 1. The molecule has 1 aromatic heterocycles. The highest BCUT2D eigenvalue weighted by atomic mass is 32.1. The van der Waals surface area contributed by atoms with Crippen molar-refractivity contribution in [2.24, 2.45) is 0 Å². The molecule has 2 aromatic rings. The van der Waals surface area contributed by atoms with Gasteiger partial charge in [0.1, 0.15) is 11.3 Å². The van der Waals surface area contributed by atoms with Crippen LogP contribution in [0.2, 0.25) is 0 Å². The Balaban J connectivity index is 2.46. The Kier molecular flexibility index (Phi) is 3.44. The summed E-state index contributed by atoms with van der Waals surface area (Å²) in [5.41, 5.74) is 1.16. The van der Waals surface area contributed by atoms with E-state index >= 15 is 0 Å². The van der Waals surface area contributed by atoms with Crippen LogP contribution in [0, 0.1) is 0 Å². The predicted octanol–water partition coefficient (Wildman–Crippen LogP) is 3.30. The van der Waals surface area contributed by atoms with Gasteiger partial charge in [0.2, 0.25) is 0 Å². The van der Waals surface area contributed by atoms with Gasteiger partial charge in [-0.05, 0) is 12.5 Å². The number of rotatable bonds is 3. The number of carbonyl (C=O) groups is 1. The molecule has 2 rings (SSSR count). The summed E-state index contributed by atoms with van der Waals surface area (Å²) in [6, 6.07) is 9.48. The third kappa shape index (κ3) is 2.31. The predicted molar refractivity (Wildman–Crippen MR) is 67.4 cm³/mol. The summed E-state index contributed by atoms with van der Waals surface area (Å²) in [5.74, 6) is -0.502. The van der Waals surface area contributed by atoms with Gasteiger partial charge < -0.3 is 9.84 Å². The quantitative estimate of drug-likeness (QED) is 0.848. The summed E-state index contributed by atoms with van der Waals surface area (Å²) in [4.78, 5) is 12.5. The van der Waals surface area contributed by atoms with E-state index in [9.17, 15) is 9.90 Å². The molecule has 3 nitrogen and oxygen atoms in total. The van der Waals surface area contributed by atoms with Crippen LogP contribution in [0.3, 0.4) is 0 Å². The van der Waals surface area contributed by atoms with Crippen molar-refractivity contribution in [3.8, 4) is 16.2 Å². The van der Waals surface area contributed by atoms with Crippen molar-refractivity contribution in [1.82, 2.24) is 0 Å². The summed E-state index contributed by atoms with van der Waals surface area (Å²) in [7, 11) is 0. The number of ether oxygens (including phenoxy) is 1. The highest BCUT2D eigenvalue weighted by Crippen LogP contribution is 2.36. The second kappa shape index (κ2) is 5.01. The van der Waals surface area contributed by atoms with Crippen molar-refractivity contribution in [1.29, 1.82) is 0 Å². The Morgan fingerprint density at radius 1 is 1.35 bits per heavy atom. The van der Waals surface area contributed by atoms with E-state index in [1.807, 2.05) is 30.3 Å². The van der Waals surface area contributed by atoms with Gasteiger partial charge >= 0.3 is 5.97 Å². The molecule has 0 aliphatic carbocycles. The van der Waals surface area contributed by atoms with Gasteiger partial charge in [-0.15, -0.1) is 11.3 Å². The van der Waals surface area contributed by atoms with Gasteiger partial charge in [0, 0.05) is 5.38 Å². The molecule has 0 amide bonds. The molecule has 0 saturated carbocycles. The topological polar surface area (TPSA) is 46.5 Å². The summed E-state index contributed by atoms with van der Waals surface area (Å²) < 4.78 is 4.94. The minimum atomic E-state index is -0.481. The molecular formula is C13H12O3S. The fraction of sp³-hybridized carbons (Fsp3) is 0.154. The molecular weight excluding hydrogens is 236 g/mol. The molecule has 0 spiro atoms. The van der Waals surface area contributed by atoms with Crippen molar-refractivity contribution in [3.05, 3.63) is 41.3 Å². The second-order valence-corrected chi connectivity index (χ2v) is 4.29. The summed E-state index contributed by atoms with van der Waals surface area (Å²) in [6.07, 6.45) is 0. The van der Waals surface area contributed by atoms with Crippen LogP contribution in [0.4, 0.5) is 0 Å². The zero-order valence-corrected chi connectivity index (χ0v) is 10.2. The number of esters is 1. The highest BCUT2D eigenvalue weighted by molar-refractivity contribution is 7.14. The molecule has 0 radical (unpaired) electrons. The van der Waals surface area contributed by atoms with Crippen LogP contribution in [-0.4, -0.2) is 17.7 Å². The first-order valence-corrected chi connectivity index (χ1v) is 6.15. The molecule has 1 heterocycles. The lowest BCUT2D eigenvalue weighted by Gasteiger charge is -2.04. The van der Waals surface area contributed by atoms with Crippen molar-refractivity contribution in [3.63, 3.8) is 0 Å². The Morgan fingerprint density at radius 2 is 2.06 bits per heavy atom. The third-order valence-corrected chi connectivity index (χ3v) is 3.30. The highest BCUT2D eigenvalue weighted by Gasteiger charge is 2.20. The van der Waals surface area contributed by atoms with Gasteiger partial charge in [0.25, 0.3) is 0 Å². The van der Waals surface area contributed by atoms with Crippen LogP contribution >= 0.6 is 11.3 Å². The lowest BCUT2D eigenvalue weighted by atomic mass is 10.1. The van der Waals surface area contributed by atoms with Crippen molar-refractivity contribution < 1.29 is 14.6 Å². The van der Waals surface area contributed by atoms with Gasteiger partial charge in [0.05, 0.1) is 11.5 Å². The normalized spacial score (nSPS) is 10.2. The van der Waals surface area contributed by atoms with Crippen LogP contribution in [0.25, 0.3) is 10.4 Å². The number of carbonyl (C=O) groups excluding carboxylic acids is 1. The van der Waals surface area contributed by atoms with Crippen molar-refractivity contribution >= 4 is 17.3 Å². The van der Waals surface area contributed by atoms with Crippen molar-refractivity contribution in [2.45, 2.75) is 6.92 Å². The average molecular weight is 248 g/mol. The minimum Gasteiger partial charge on any atom is -0.506 e. The zero-order valence-electron chi connectivity index (χ0n) is 9.34. The van der Waals surface area contributed by atoms with Crippen LogP contribution in [-0.2, 0) is 4.74 Å². The first kappa shape index (κ1) is 11.7. The molecule has 0 saturated heterocycles. The van der Waals surface area contributed by atoms with Crippen LogP contribution < -0.4 is 0 Å². The van der Waals surface area contributed by atoms with Crippen LogP contribution in [0.5, 0.6) is 5.75 Å². The van der Waals surface area contributed by atoms with E-state index in [2.05, 4.69) is 0 Å². The van der Waals surface area contributed by atoms with E-state index in [1.165, 1.54) is 11.3 Å². The Morgan fingerprint density at radius 3 is 2.71 bits per heavy atom. The fourth-order valence-electron chi connectivity index (χ4n) is 1.55. The molecule has 1 aromatic carbocycles. The Hall–Kier alpha value is -1.81. The third-order valence-electron chi connectivity index (χ3n) is 2.29. The Labute approximate surface area is 103 Å². The SMILES string of the molecule is CCOC(=O)c1c(O)csc1-c1ccccc1. The fourth-order valence-corrected chi connectivity index (χ4v) is 2.48. The van der Waals surface area contributed by atoms with Crippen LogP contribution in [0.1, 0.15) is 17.3 Å². The van der Waals surface area contributed by atoms with Gasteiger partial charge in [0.15, 0.2) is 0 Å². The zero-order chi connectivity index (χ0) is 12.3. The van der Waals surface area contributed by atoms with Gasteiger partial charge in [-0.1, -0.05) is 30.3 Å². The average Bonchev–Trinajstić information content (AvgIpc) is 2.73. The first-order chi connectivity index (χ1) is 8.24. The van der Waals surface area contributed by atoms with E-state index in [-0.39, 0.29) is 11.3 Å². The number of hydrogen-bond donors (Lipinski definition) is 1. The monoisotopic (exact) mass is 248 g/mol. The summed E-state index contributed by atoms with van der Waals surface area (Å²) >= 11 is 1.33. The number of thiophene rings is 1. The summed E-state index contributed by atoms with van der Waals surface area (Å²) in [6.45, 7) is 2.03. The molecule has 17 heavy (non-hydrogen) atoms. The maximum absolute atomic E-state index is 11.7. The van der Waals surface area contributed by atoms with E-state index < -0.39 is 5.97 Å². The molecule has 0 fully saturated rings. The largest absolute Gasteiger partial charge is 0.506 e. The van der Waals surface area contributed by atoms with Gasteiger partial charge in [-0.3, -0.25) is 0 Å². The summed E-state index contributed by atoms with van der Waals surface area (Å²) in [5, 5.41) is 11.2. The van der Waals surface area contributed by atoms with Gasteiger partial charge in [-0.25, -0.2) is 4.79 Å². The van der Waals surface area contributed by atoms with Crippen LogP contribution in [0.15, 0.2) is 35.7 Å².